The monoisotopic (exact) mass is 336 g/mol. The van der Waals surface area contributed by atoms with Crippen LogP contribution in [-0.4, -0.2) is 51.7 Å². The number of ether oxygens (including phenoxy) is 2. The highest BCUT2D eigenvalue weighted by Crippen LogP contribution is 2.16. The zero-order chi connectivity index (χ0) is 17.9. The summed E-state index contributed by atoms with van der Waals surface area (Å²) in [6.45, 7) is 2.83. The normalized spacial score (nSPS) is 10.1. The highest BCUT2D eigenvalue weighted by atomic mass is 16.5. The standard InChI is InChI=1S/C17H24N2O5/c1-13(20)19(11-9-16(21)18-10-4-12-23-2)15-7-5-14(6-8-15)17(22)24-3/h5-8H,4,9-12H2,1-3H3,(H,18,21). The number of benzene rings is 1. The van der Waals surface area contributed by atoms with E-state index in [0.717, 1.165) is 6.42 Å². The van der Waals surface area contributed by atoms with Crippen LogP contribution in [-0.2, 0) is 19.1 Å². The molecule has 132 valence electrons. The lowest BCUT2D eigenvalue weighted by Crippen LogP contribution is -2.34. The van der Waals surface area contributed by atoms with Crippen LogP contribution in [0.1, 0.15) is 30.1 Å². The molecule has 0 aromatic heterocycles. The Balaban J connectivity index is 2.59. The third kappa shape index (κ3) is 6.37. The van der Waals surface area contributed by atoms with Gasteiger partial charge in [0.05, 0.1) is 12.7 Å². The van der Waals surface area contributed by atoms with Crippen LogP contribution in [0, 0.1) is 0 Å². The summed E-state index contributed by atoms with van der Waals surface area (Å²) in [5.74, 6) is -0.733. The maximum Gasteiger partial charge on any atom is 0.337 e. The van der Waals surface area contributed by atoms with E-state index in [2.05, 4.69) is 10.1 Å². The molecule has 0 aliphatic carbocycles. The van der Waals surface area contributed by atoms with Gasteiger partial charge in [0, 0.05) is 45.8 Å². The highest BCUT2D eigenvalue weighted by molar-refractivity contribution is 5.94. The van der Waals surface area contributed by atoms with E-state index in [4.69, 9.17) is 4.74 Å². The fraction of sp³-hybridized carbons (Fsp3) is 0.471. The summed E-state index contributed by atoms with van der Waals surface area (Å²) in [5.41, 5.74) is 1.03. The van der Waals surface area contributed by atoms with Gasteiger partial charge in [-0.25, -0.2) is 4.79 Å². The molecule has 0 aliphatic heterocycles. The van der Waals surface area contributed by atoms with Crippen LogP contribution in [0.4, 0.5) is 5.69 Å². The van der Waals surface area contributed by atoms with E-state index in [1.54, 1.807) is 31.4 Å². The van der Waals surface area contributed by atoms with Crippen molar-refractivity contribution in [2.45, 2.75) is 19.8 Å². The molecule has 1 aromatic rings. The minimum Gasteiger partial charge on any atom is -0.465 e. The molecule has 0 aliphatic rings. The van der Waals surface area contributed by atoms with Gasteiger partial charge in [-0.15, -0.1) is 0 Å². The number of anilines is 1. The summed E-state index contributed by atoms with van der Waals surface area (Å²) in [6.07, 6.45) is 0.943. The molecular weight excluding hydrogens is 312 g/mol. The molecule has 0 atom stereocenters. The van der Waals surface area contributed by atoms with Crippen LogP contribution in [0.2, 0.25) is 0 Å². The average Bonchev–Trinajstić information content (AvgIpc) is 2.58. The molecule has 0 spiro atoms. The summed E-state index contributed by atoms with van der Waals surface area (Å²) in [5, 5.41) is 2.78. The maximum atomic E-state index is 11.8. The van der Waals surface area contributed by atoms with Gasteiger partial charge in [0.2, 0.25) is 11.8 Å². The Labute approximate surface area is 141 Å². The van der Waals surface area contributed by atoms with Crippen molar-refractivity contribution in [2.75, 3.05) is 38.8 Å². The van der Waals surface area contributed by atoms with E-state index in [9.17, 15) is 14.4 Å². The first-order chi connectivity index (χ1) is 11.5. The van der Waals surface area contributed by atoms with Crippen molar-refractivity contribution in [1.82, 2.24) is 5.32 Å². The first kappa shape index (κ1) is 19.6. The Hall–Kier alpha value is -2.41. The van der Waals surface area contributed by atoms with Crippen molar-refractivity contribution in [3.8, 4) is 0 Å². The maximum absolute atomic E-state index is 11.8. The van der Waals surface area contributed by atoms with Gasteiger partial charge in [-0.05, 0) is 30.7 Å². The molecule has 0 saturated carbocycles. The first-order valence-corrected chi connectivity index (χ1v) is 7.71. The van der Waals surface area contributed by atoms with Crippen LogP contribution < -0.4 is 10.2 Å². The van der Waals surface area contributed by atoms with Gasteiger partial charge in [-0.3, -0.25) is 9.59 Å². The van der Waals surface area contributed by atoms with Crippen LogP contribution >= 0.6 is 0 Å². The number of carbonyl (C=O) groups is 3. The van der Waals surface area contributed by atoms with Gasteiger partial charge in [0.15, 0.2) is 0 Å². The van der Waals surface area contributed by atoms with E-state index in [-0.39, 0.29) is 24.8 Å². The molecule has 24 heavy (non-hydrogen) atoms. The molecular formula is C17H24N2O5. The topological polar surface area (TPSA) is 84.9 Å². The average molecular weight is 336 g/mol. The lowest BCUT2D eigenvalue weighted by Gasteiger charge is -2.21. The molecule has 1 aromatic carbocycles. The van der Waals surface area contributed by atoms with Crippen LogP contribution in [0.15, 0.2) is 24.3 Å². The van der Waals surface area contributed by atoms with Crippen LogP contribution in [0.5, 0.6) is 0 Å². The lowest BCUT2D eigenvalue weighted by molar-refractivity contribution is -0.121. The minimum atomic E-state index is -0.439. The third-order valence-electron chi connectivity index (χ3n) is 3.39. The Morgan fingerprint density at radius 3 is 2.33 bits per heavy atom. The fourth-order valence-corrected chi connectivity index (χ4v) is 2.11. The number of nitrogens with one attached hydrogen (secondary N) is 1. The number of hydrogen-bond donors (Lipinski definition) is 1. The van der Waals surface area contributed by atoms with Gasteiger partial charge in [-0.2, -0.15) is 0 Å². The Morgan fingerprint density at radius 2 is 1.79 bits per heavy atom. The number of esters is 1. The highest BCUT2D eigenvalue weighted by Gasteiger charge is 2.14. The predicted molar refractivity (Wildman–Crippen MR) is 89.9 cm³/mol. The van der Waals surface area contributed by atoms with Gasteiger partial charge in [-0.1, -0.05) is 0 Å². The largest absolute Gasteiger partial charge is 0.465 e. The molecule has 0 fully saturated rings. The number of methoxy groups -OCH3 is 2. The predicted octanol–water partition coefficient (Wildman–Crippen LogP) is 1.37. The molecule has 0 saturated heterocycles. The van der Waals surface area contributed by atoms with Gasteiger partial charge in [0.1, 0.15) is 0 Å². The van der Waals surface area contributed by atoms with E-state index in [1.807, 2.05) is 0 Å². The zero-order valence-corrected chi connectivity index (χ0v) is 14.3. The molecule has 7 heteroatoms. The van der Waals surface area contributed by atoms with Gasteiger partial charge >= 0.3 is 5.97 Å². The summed E-state index contributed by atoms with van der Waals surface area (Å²) < 4.78 is 9.55. The molecule has 1 N–H and O–H groups in total. The molecule has 1 rings (SSSR count). The quantitative estimate of drug-likeness (QED) is 0.544. The van der Waals surface area contributed by atoms with Gasteiger partial charge < -0.3 is 19.7 Å². The summed E-state index contributed by atoms with van der Waals surface area (Å²) in [6, 6.07) is 6.48. The number of rotatable bonds is 9. The van der Waals surface area contributed by atoms with Crippen molar-refractivity contribution in [2.24, 2.45) is 0 Å². The minimum absolute atomic E-state index is 0.122. The second-order valence-corrected chi connectivity index (χ2v) is 5.16. The smallest absolute Gasteiger partial charge is 0.337 e. The number of hydrogen-bond acceptors (Lipinski definition) is 5. The third-order valence-corrected chi connectivity index (χ3v) is 3.39. The molecule has 2 amide bonds. The first-order valence-electron chi connectivity index (χ1n) is 7.71. The van der Waals surface area contributed by atoms with E-state index in [1.165, 1.54) is 18.9 Å². The Kier molecular flexibility index (Phi) is 8.49. The van der Waals surface area contributed by atoms with Crippen molar-refractivity contribution in [3.63, 3.8) is 0 Å². The molecule has 0 radical (unpaired) electrons. The van der Waals surface area contributed by atoms with Crippen LogP contribution in [0.25, 0.3) is 0 Å². The van der Waals surface area contributed by atoms with Crippen molar-refractivity contribution in [1.29, 1.82) is 0 Å². The molecule has 0 heterocycles. The Bertz CT molecular complexity index is 557. The number of carbonyl (C=O) groups excluding carboxylic acids is 3. The SMILES string of the molecule is COCCCNC(=O)CCN(C(C)=O)c1ccc(C(=O)OC)cc1. The van der Waals surface area contributed by atoms with Gasteiger partial charge in [0.25, 0.3) is 0 Å². The molecule has 0 unspecified atom stereocenters. The zero-order valence-electron chi connectivity index (χ0n) is 14.3. The van der Waals surface area contributed by atoms with E-state index < -0.39 is 5.97 Å². The second-order valence-electron chi connectivity index (χ2n) is 5.16. The van der Waals surface area contributed by atoms with Crippen LogP contribution in [0.3, 0.4) is 0 Å². The second kappa shape index (κ2) is 10.4. The van der Waals surface area contributed by atoms with Crippen molar-refractivity contribution >= 4 is 23.5 Å². The van der Waals surface area contributed by atoms with Crippen molar-refractivity contribution < 1.29 is 23.9 Å². The molecule has 0 bridgehead atoms. The molecule has 7 nitrogen and oxygen atoms in total. The summed E-state index contributed by atoms with van der Waals surface area (Å²) in [4.78, 5) is 36.5. The lowest BCUT2D eigenvalue weighted by atomic mass is 10.2. The number of nitrogens with zero attached hydrogens (tertiary/aromatic N) is 1. The van der Waals surface area contributed by atoms with E-state index >= 15 is 0 Å². The fourth-order valence-electron chi connectivity index (χ4n) is 2.11. The number of amides is 2. The summed E-state index contributed by atoms with van der Waals surface area (Å²) >= 11 is 0. The van der Waals surface area contributed by atoms with Crippen molar-refractivity contribution in [3.05, 3.63) is 29.8 Å². The van der Waals surface area contributed by atoms with E-state index in [0.29, 0.717) is 24.4 Å². The Morgan fingerprint density at radius 1 is 1.12 bits per heavy atom. The summed E-state index contributed by atoms with van der Waals surface area (Å²) in [7, 11) is 2.92.